The number of ketones is 1. The van der Waals surface area contributed by atoms with Gasteiger partial charge in [0.25, 0.3) is 0 Å². The number of rotatable bonds is 6. The molecule has 1 saturated heterocycles. The number of primary amides is 1. The summed E-state index contributed by atoms with van der Waals surface area (Å²) in [7, 11) is -3.01. The van der Waals surface area contributed by atoms with Crippen molar-refractivity contribution in [3.63, 3.8) is 0 Å². The monoisotopic (exact) mass is 390 g/mol. The summed E-state index contributed by atoms with van der Waals surface area (Å²) in [6.07, 6.45) is 0.565. The fourth-order valence-corrected chi connectivity index (χ4v) is 5.24. The summed E-state index contributed by atoms with van der Waals surface area (Å²) in [6.45, 7) is 3.55. The molecule has 2 heterocycles. The zero-order valence-corrected chi connectivity index (χ0v) is 16.1. The number of amides is 1. The summed E-state index contributed by atoms with van der Waals surface area (Å²) in [5.41, 5.74) is 7.71. The summed E-state index contributed by atoms with van der Waals surface area (Å²) >= 11 is 0. The van der Waals surface area contributed by atoms with Gasteiger partial charge in [0.1, 0.15) is 5.75 Å². The Bertz CT molecular complexity index is 990. The quantitative estimate of drug-likeness (QED) is 0.757. The molecule has 0 bridgehead atoms. The lowest BCUT2D eigenvalue weighted by Crippen LogP contribution is -2.16. The highest BCUT2D eigenvalue weighted by Crippen LogP contribution is 2.29. The van der Waals surface area contributed by atoms with Crippen molar-refractivity contribution in [3.8, 4) is 5.75 Å². The Labute approximate surface area is 158 Å². The molecule has 1 amide bonds. The topological polar surface area (TPSA) is 108 Å². The second-order valence-electron chi connectivity index (χ2n) is 6.81. The van der Waals surface area contributed by atoms with Crippen LogP contribution in [-0.2, 0) is 9.84 Å². The first-order valence-electron chi connectivity index (χ1n) is 8.62. The smallest absolute Gasteiger partial charge is 0.248 e. The molecule has 0 saturated carbocycles. The molecule has 2 aromatic rings. The third-order valence-electron chi connectivity index (χ3n) is 4.87. The van der Waals surface area contributed by atoms with Crippen molar-refractivity contribution >= 4 is 21.5 Å². The lowest BCUT2D eigenvalue weighted by molar-refractivity contribution is 0.0919. The Morgan fingerprint density at radius 1 is 1.22 bits per heavy atom. The number of carbonyl (C=O) groups is 2. The van der Waals surface area contributed by atoms with Crippen molar-refractivity contribution in [1.82, 2.24) is 4.57 Å². The Morgan fingerprint density at radius 2 is 1.89 bits per heavy atom. The molecule has 2 N–H and O–H groups in total. The van der Waals surface area contributed by atoms with Gasteiger partial charge in [-0.25, -0.2) is 8.42 Å². The molecule has 1 aliphatic heterocycles. The molecule has 144 valence electrons. The molecular weight excluding hydrogens is 368 g/mol. The summed E-state index contributed by atoms with van der Waals surface area (Å²) in [5, 5.41) is 0. The van der Waals surface area contributed by atoms with E-state index in [2.05, 4.69) is 0 Å². The number of aromatic nitrogens is 1. The minimum Gasteiger partial charge on any atom is -0.485 e. The molecule has 0 spiro atoms. The van der Waals surface area contributed by atoms with E-state index in [1.165, 1.54) is 12.1 Å². The molecule has 8 heteroatoms. The summed E-state index contributed by atoms with van der Waals surface area (Å²) in [6, 6.07) is 7.89. The molecule has 1 unspecified atom stereocenters. The molecule has 1 fully saturated rings. The van der Waals surface area contributed by atoms with Crippen LogP contribution < -0.4 is 10.5 Å². The molecule has 1 aliphatic rings. The number of nitrogens with zero attached hydrogens (tertiary/aromatic N) is 1. The summed E-state index contributed by atoms with van der Waals surface area (Å²) in [5.74, 6) is 0.0412. The molecule has 0 aliphatic carbocycles. The van der Waals surface area contributed by atoms with Crippen LogP contribution in [0.4, 0.5) is 0 Å². The van der Waals surface area contributed by atoms with Gasteiger partial charge in [0.05, 0.1) is 11.5 Å². The first kappa shape index (κ1) is 19.2. The van der Waals surface area contributed by atoms with Crippen molar-refractivity contribution in [2.75, 3.05) is 18.1 Å². The number of nitrogens with two attached hydrogens (primary N) is 1. The van der Waals surface area contributed by atoms with E-state index in [0.29, 0.717) is 23.3 Å². The fraction of sp³-hybridized carbons (Fsp3) is 0.368. The van der Waals surface area contributed by atoms with E-state index in [4.69, 9.17) is 10.5 Å². The van der Waals surface area contributed by atoms with Gasteiger partial charge in [-0.2, -0.15) is 0 Å². The number of hydrogen-bond donors (Lipinski definition) is 1. The average molecular weight is 390 g/mol. The fourth-order valence-electron chi connectivity index (χ4n) is 3.54. The highest BCUT2D eigenvalue weighted by Gasteiger charge is 2.31. The van der Waals surface area contributed by atoms with Gasteiger partial charge in [0.15, 0.2) is 16.4 Å². The molecule has 1 atom stereocenters. The zero-order chi connectivity index (χ0) is 19.8. The predicted molar refractivity (Wildman–Crippen MR) is 101 cm³/mol. The van der Waals surface area contributed by atoms with Crippen LogP contribution >= 0.6 is 0 Å². The molecule has 7 nitrogen and oxygen atoms in total. The van der Waals surface area contributed by atoms with Crippen LogP contribution in [0.15, 0.2) is 30.3 Å². The van der Waals surface area contributed by atoms with Crippen molar-refractivity contribution in [2.45, 2.75) is 26.3 Å². The van der Waals surface area contributed by atoms with Crippen molar-refractivity contribution < 1.29 is 22.7 Å². The van der Waals surface area contributed by atoms with E-state index in [0.717, 1.165) is 11.4 Å². The highest BCUT2D eigenvalue weighted by molar-refractivity contribution is 7.91. The van der Waals surface area contributed by atoms with Gasteiger partial charge < -0.3 is 15.0 Å². The van der Waals surface area contributed by atoms with Crippen molar-refractivity contribution in [1.29, 1.82) is 0 Å². The number of ether oxygens (including phenoxy) is 1. The van der Waals surface area contributed by atoms with Gasteiger partial charge in [0, 0.05) is 28.6 Å². The normalized spacial score (nSPS) is 18.4. The molecule has 1 aromatic heterocycles. The second kappa shape index (κ2) is 7.19. The Balaban J connectivity index is 1.72. The Morgan fingerprint density at radius 3 is 2.44 bits per heavy atom. The molecule has 0 radical (unpaired) electrons. The van der Waals surface area contributed by atoms with E-state index in [1.54, 1.807) is 18.2 Å². The van der Waals surface area contributed by atoms with E-state index in [1.807, 2.05) is 18.4 Å². The average Bonchev–Trinajstić information content (AvgIpc) is 3.11. The Kier molecular flexibility index (Phi) is 5.10. The van der Waals surface area contributed by atoms with Crippen molar-refractivity contribution in [2.24, 2.45) is 5.73 Å². The van der Waals surface area contributed by atoms with Crippen LogP contribution in [0.5, 0.6) is 5.75 Å². The molecule has 1 aromatic carbocycles. The van der Waals surface area contributed by atoms with Gasteiger partial charge in [0.2, 0.25) is 11.7 Å². The van der Waals surface area contributed by atoms with Crippen molar-refractivity contribution in [3.05, 3.63) is 52.8 Å². The maximum absolute atomic E-state index is 12.6. The minimum absolute atomic E-state index is 0.111. The maximum Gasteiger partial charge on any atom is 0.248 e. The standard InChI is InChI=1S/C19H22N2O5S/c1-12-9-17(13(2)21(12)15-7-8-27(24,25)11-15)18(22)10-26-16-5-3-14(4-6-16)19(20)23/h3-6,9,15H,7-8,10-11H2,1-2H3,(H2,20,23). The second-order valence-corrected chi connectivity index (χ2v) is 9.04. The number of carbonyl (C=O) groups excluding carboxylic acids is 2. The molecular formula is C19H22N2O5S. The molecule has 3 rings (SSSR count). The summed E-state index contributed by atoms with van der Waals surface area (Å²) < 4.78 is 31.0. The number of Topliss-reactive ketones (excluding diaryl/α,β-unsaturated/α-hetero) is 1. The van der Waals surface area contributed by atoms with Crippen LogP contribution in [0.3, 0.4) is 0 Å². The van der Waals surface area contributed by atoms with E-state index >= 15 is 0 Å². The van der Waals surface area contributed by atoms with E-state index < -0.39 is 15.7 Å². The lowest BCUT2D eigenvalue weighted by atomic mass is 10.1. The SMILES string of the molecule is Cc1cc(C(=O)COc2ccc(C(N)=O)cc2)c(C)n1C1CCS(=O)(=O)C1. The number of hydrogen-bond acceptors (Lipinski definition) is 5. The minimum atomic E-state index is -3.01. The number of sulfone groups is 1. The first-order valence-corrected chi connectivity index (χ1v) is 10.4. The van der Waals surface area contributed by atoms with Gasteiger partial charge in [-0.15, -0.1) is 0 Å². The van der Waals surface area contributed by atoms with E-state index in [9.17, 15) is 18.0 Å². The largest absolute Gasteiger partial charge is 0.485 e. The number of aryl methyl sites for hydroxylation is 1. The van der Waals surface area contributed by atoms with Gasteiger partial charge in [-0.05, 0) is 50.6 Å². The van der Waals surface area contributed by atoms with Crippen LogP contribution in [0.1, 0.15) is 44.6 Å². The number of benzene rings is 1. The lowest BCUT2D eigenvalue weighted by Gasteiger charge is -2.16. The third-order valence-corrected chi connectivity index (χ3v) is 6.62. The predicted octanol–water partition coefficient (Wildman–Crippen LogP) is 1.83. The highest BCUT2D eigenvalue weighted by atomic mass is 32.2. The van der Waals surface area contributed by atoms with Gasteiger partial charge >= 0.3 is 0 Å². The van der Waals surface area contributed by atoms with Crippen LogP contribution in [-0.4, -0.2) is 42.8 Å². The third kappa shape index (κ3) is 4.05. The van der Waals surface area contributed by atoms with Gasteiger partial charge in [-0.1, -0.05) is 0 Å². The molecule has 27 heavy (non-hydrogen) atoms. The first-order chi connectivity index (χ1) is 12.7. The van der Waals surface area contributed by atoms with Crippen LogP contribution in [0.2, 0.25) is 0 Å². The van der Waals surface area contributed by atoms with Crippen LogP contribution in [0, 0.1) is 13.8 Å². The van der Waals surface area contributed by atoms with Crippen LogP contribution in [0.25, 0.3) is 0 Å². The summed E-state index contributed by atoms with van der Waals surface area (Å²) in [4.78, 5) is 23.7. The Hall–Kier alpha value is -2.61. The van der Waals surface area contributed by atoms with Gasteiger partial charge in [-0.3, -0.25) is 9.59 Å². The van der Waals surface area contributed by atoms with E-state index in [-0.39, 0.29) is 29.9 Å². The zero-order valence-electron chi connectivity index (χ0n) is 15.3. The maximum atomic E-state index is 12.6.